The maximum absolute atomic E-state index is 6.41. The lowest BCUT2D eigenvalue weighted by atomic mass is 9.96. The van der Waals surface area contributed by atoms with Gasteiger partial charge in [-0.1, -0.05) is 11.6 Å². The summed E-state index contributed by atoms with van der Waals surface area (Å²) in [7, 11) is 3.15. The molecular weight excluding hydrogens is 290 g/mol. The van der Waals surface area contributed by atoms with Crippen LogP contribution in [0.2, 0.25) is 5.02 Å². The van der Waals surface area contributed by atoms with Gasteiger partial charge >= 0.3 is 0 Å². The number of hydrogen-bond acceptors (Lipinski definition) is 4. The van der Waals surface area contributed by atoms with E-state index in [9.17, 15) is 0 Å². The maximum Gasteiger partial charge on any atom is 0.162 e. The van der Waals surface area contributed by atoms with Gasteiger partial charge in [-0.25, -0.2) is 0 Å². The molecule has 5 heteroatoms. The van der Waals surface area contributed by atoms with Crippen molar-refractivity contribution in [2.75, 3.05) is 14.2 Å². The first-order valence-electron chi connectivity index (χ1n) is 6.64. The van der Waals surface area contributed by atoms with Crippen LogP contribution in [0.3, 0.4) is 0 Å². The molecule has 1 aromatic carbocycles. The van der Waals surface area contributed by atoms with Gasteiger partial charge < -0.3 is 19.6 Å². The molecule has 0 bridgehead atoms. The summed E-state index contributed by atoms with van der Waals surface area (Å²) in [6.45, 7) is 5.83. The summed E-state index contributed by atoms with van der Waals surface area (Å²) in [5.41, 5.74) is 9.19. The van der Waals surface area contributed by atoms with Gasteiger partial charge in [0.15, 0.2) is 11.5 Å². The molecule has 0 aliphatic rings. The largest absolute Gasteiger partial charge is 0.493 e. The van der Waals surface area contributed by atoms with E-state index < -0.39 is 0 Å². The summed E-state index contributed by atoms with van der Waals surface area (Å²) >= 11 is 6.35. The Kier molecular flexibility index (Phi) is 4.49. The van der Waals surface area contributed by atoms with Crippen LogP contribution in [0.15, 0.2) is 16.5 Å². The number of rotatable bonds is 4. The normalized spacial score (nSPS) is 12.3. The Morgan fingerprint density at radius 2 is 1.62 bits per heavy atom. The average Bonchev–Trinajstić information content (AvgIpc) is 2.71. The number of aryl methyl sites for hydroxylation is 2. The summed E-state index contributed by atoms with van der Waals surface area (Å²) in [5, 5.41) is 0.540. The quantitative estimate of drug-likeness (QED) is 0.930. The Hall–Kier alpha value is -1.65. The van der Waals surface area contributed by atoms with Crippen LogP contribution in [0.5, 0.6) is 11.5 Å². The van der Waals surface area contributed by atoms with Crippen molar-refractivity contribution in [3.63, 3.8) is 0 Å². The second-order valence-corrected chi connectivity index (χ2v) is 5.37. The van der Waals surface area contributed by atoms with Crippen LogP contribution in [-0.2, 0) is 0 Å². The third-order valence-electron chi connectivity index (χ3n) is 3.77. The molecule has 0 aliphatic heterocycles. The first-order chi connectivity index (χ1) is 9.90. The Labute approximate surface area is 129 Å². The lowest BCUT2D eigenvalue weighted by Gasteiger charge is -2.17. The zero-order valence-electron chi connectivity index (χ0n) is 12.9. The molecule has 114 valence electrons. The molecule has 2 aromatic rings. The first-order valence-corrected chi connectivity index (χ1v) is 7.02. The Balaban J connectivity index is 2.55. The van der Waals surface area contributed by atoms with E-state index >= 15 is 0 Å². The number of methoxy groups -OCH3 is 2. The van der Waals surface area contributed by atoms with Gasteiger partial charge in [0.1, 0.15) is 11.5 Å². The fourth-order valence-corrected chi connectivity index (χ4v) is 2.80. The molecule has 0 aliphatic carbocycles. The summed E-state index contributed by atoms with van der Waals surface area (Å²) in [5.74, 6) is 2.86. The van der Waals surface area contributed by atoms with Crippen molar-refractivity contribution < 1.29 is 13.9 Å². The monoisotopic (exact) mass is 309 g/mol. The molecule has 2 rings (SSSR count). The van der Waals surface area contributed by atoms with Crippen LogP contribution in [-0.4, -0.2) is 14.2 Å². The van der Waals surface area contributed by atoms with Crippen molar-refractivity contribution in [3.8, 4) is 11.5 Å². The van der Waals surface area contributed by atoms with E-state index in [-0.39, 0.29) is 6.04 Å². The number of hydrogen-bond donors (Lipinski definition) is 1. The van der Waals surface area contributed by atoms with Crippen LogP contribution in [0, 0.1) is 20.8 Å². The van der Waals surface area contributed by atoms with Gasteiger partial charge in [0, 0.05) is 16.7 Å². The van der Waals surface area contributed by atoms with E-state index in [1.807, 2.05) is 26.8 Å². The van der Waals surface area contributed by atoms with Crippen molar-refractivity contribution >= 4 is 11.6 Å². The van der Waals surface area contributed by atoms with Gasteiger partial charge in [-0.15, -0.1) is 0 Å². The average molecular weight is 310 g/mol. The zero-order chi connectivity index (χ0) is 15.7. The third-order valence-corrected chi connectivity index (χ3v) is 4.09. The fourth-order valence-electron chi connectivity index (χ4n) is 2.53. The van der Waals surface area contributed by atoms with Gasteiger partial charge in [-0.3, -0.25) is 0 Å². The Bertz CT molecular complexity index is 664. The minimum absolute atomic E-state index is 0.380. The van der Waals surface area contributed by atoms with Crippen LogP contribution < -0.4 is 15.2 Å². The van der Waals surface area contributed by atoms with E-state index in [2.05, 4.69) is 0 Å². The number of ether oxygens (including phenoxy) is 2. The SMILES string of the molecule is COc1cc(Cl)c(C(N)c2c(C)oc(C)c2C)cc1OC. The first kappa shape index (κ1) is 15.7. The highest BCUT2D eigenvalue weighted by Crippen LogP contribution is 2.39. The van der Waals surface area contributed by atoms with E-state index in [0.717, 1.165) is 28.2 Å². The second-order valence-electron chi connectivity index (χ2n) is 4.96. The van der Waals surface area contributed by atoms with Gasteiger partial charge in [0.25, 0.3) is 0 Å². The molecular formula is C16H20ClNO3. The smallest absolute Gasteiger partial charge is 0.162 e. The molecule has 2 N–H and O–H groups in total. The number of furan rings is 1. The summed E-state index contributed by atoms with van der Waals surface area (Å²) < 4.78 is 16.2. The standard InChI is InChI=1S/C16H20ClNO3/c1-8-9(2)21-10(3)15(8)16(18)11-6-13(19-4)14(20-5)7-12(11)17/h6-7,16H,18H2,1-5H3. The van der Waals surface area contributed by atoms with E-state index in [0.29, 0.717) is 16.5 Å². The number of nitrogens with two attached hydrogens (primary N) is 1. The van der Waals surface area contributed by atoms with Crippen LogP contribution in [0.1, 0.15) is 34.3 Å². The van der Waals surface area contributed by atoms with Crippen molar-refractivity contribution in [3.05, 3.63) is 45.4 Å². The molecule has 0 amide bonds. The fraction of sp³-hybridized carbons (Fsp3) is 0.375. The van der Waals surface area contributed by atoms with Crippen LogP contribution in [0.4, 0.5) is 0 Å². The van der Waals surface area contributed by atoms with Crippen molar-refractivity contribution in [1.29, 1.82) is 0 Å². The Morgan fingerprint density at radius 1 is 1.05 bits per heavy atom. The van der Waals surface area contributed by atoms with E-state index in [1.165, 1.54) is 0 Å². The van der Waals surface area contributed by atoms with Gasteiger partial charge in [0.2, 0.25) is 0 Å². The van der Waals surface area contributed by atoms with Gasteiger partial charge in [-0.05, 0) is 38.0 Å². The summed E-state index contributed by atoms with van der Waals surface area (Å²) in [6.07, 6.45) is 0. The molecule has 0 saturated heterocycles. The molecule has 1 aromatic heterocycles. The van der Waals surface area contributed by atoms with Crippen LogP contribution in [0.25, 0.3) is 0 Å². The number of halogens is 1. The van der Waals surface area contributed by atoms with E-state index in [4.69, 9.17) is 31.2 Å². The molecule has 1 heterocycles. The van der Waals surface area contributed by atoms with Crippen molar-refractivity contribution in [2.45, 2.75) is 26.8 Å². The second kappa shape index (κ2) is 6.00. The molecule has 0 radical (unpaired) electrons. The topological polar surface area (TPSA) is 57.6 Å². The van der Waals surface area contributed by atoms with Crippen molar-refractivity contribution in [1.82, 2.24) is 0 Å². The lowest BCUT2D eigenvalue weighted by Crippen LogP contribution is -2.14. The third kappa shape index (κ3) is 2.74. The summed E-state index contributed by atoms with van der Waals surface area (Å²) in [4.78, 5) is 0. The highest BCUT2D eigenvalue weighted by molar-refractivity contribution is 6.31. The number of benzene rings is 1. The van der Waals surface area contributed by atoms with E-state index in [1.54, 1.807) is 20.3 Å². The molecule has 4 nitrogen and oxygen atoms in total. The molecule has 1 atom stereocenters. The lowest BCUT2D eigenvalue weighted by molar-refractivity contribution is 0.354. The van der Waals surface area contributed by atoms with Crippen molar-refractivity contribution in [2.24, 2.45) is 5.73 Å². The highest BCUT2D eigenvalue weighted by atomic mass is 35.5. The molecule has 1 unspecified atom stereocenters. The summed E-state index contributed by atoms with van der Waals surface area (Å²) in [6, 6.07) is 3.15. The molecule has 0 spiro atoms. The minimum Gasteiger partial charge on any atom is -0.493 e. The minimum atomic E-state index is -0.380. The van der Waals surface area contributed by atoms with Gasteiger partial charge in [0.05, 0.1) is 20.3 Å². The molecule has 0 fully saturated rings. The predicted molar refractivity (Wildman–Crippen MR) is 83.5 cm³/mol. The Morgan fingerprint density at radius 3 is 2.10 bits per heavy atom. The molecule has 0 saturated carbocycles. The van der Waals surface area contributed by atoms with Gasteiger partial charge in [-0.2, -0.15) is 0 Å². The zero-order valence-corrected chi connectivity index (χ0v) is 13.7. The van der Waals surface area contributed by atoms with Crippen LogP contribution >= 0.6 is 11.6 Å². The highest BCUT2D eigenvalue weighted by Gasteiger charge is 2.23. The molecule has 21 heavy (non-hydrogen) atoms. The maximum atomic E-state index is 6.41. The predicted octanol–water partition coefficient (Wildman–Crippen LogP) is 3.92.